The van der Waals surface area contributed by atoms with Crippen LogP contribution < -0.4 is 5.32 Å². The number of nitrogens with one attached hydrogen (secondary N) is 1. The van der Waals surface area contributed by atoms with Gasteiger partial charge >= 0.3 is 0 Å². The summed E-state index contributed by atoms with van der Waals surface area (Å²) in [4.78, 5) is 0. The molecule has 2 aromatic carbocycles. The predicted octanol–water partition coefficient (Wildman–Crippen LogP) is 5.57. The molecule has 2 heteroatoms. The maximum Gasteiger partial charge on any atom is 0.0536 e. The fraction of sp³-hybridized carbons (Fsp3) is 0.294. The number of hydrogen-bond donors (Lipinski definition) is 1. The quantitative estimate of drug-likeness (QED) is 0.777. The van der Waals surface area contributed by atoms with Gasteiger partial charge < -0.3 is 5.32 Å². The Balaban J connectivity index is 2.24. The Morgan fingerprint density at radius 3 is 2.26 bits per heavy atom. The highest BCUT2D eigenvalue weighted by molar-refractivity contribution is 9.10. The van der Waals surface area contributed by atoms with E-state index in [0.717, 1.165) is 10.2 Å². The molecule has 1 atom stereocenters. The van der Waals surface area contributed by atoms with Crippen molar-refractivity contribution in [2.45, 2.75) is 26.8 Å². The van der Waals surface area contributed by atoms with Crippen molar-refractivity contribution in [1.29, 1.82) is 0 Å². The number of anilines is 1. The Labute approximate surface area is 124 Å². The molecule has 0 fully saturated rings. The monoisotopic (exact) mass is 317 g/mol. The molecule has 0 bridgehead atoms. The first-order valence-electron chi connectivity index (χ1n) is 6.65. The van der Waals surface area contributed by atoms with Crippen LogP contribution in [0.1, 0.15) is 31.0 Å². The van der Waals surface area contributed by atoms with Crippen molar-refractivity contribution in [3.8, 4) is 0 Å². The van der Waals surface area contributed by atoms with Gasteiger partial charge in [-0.2, -0.15) is 0 Å². The van der Waals surface area contributed by atoms with Gasteiger partial charge in [-0.1, -0.05) is 66.2 Å². The summed E-state index contributed by atoms with van der Waals surface area (Å²) in [6, 6.07) is 17.4. The van der Waals surface area contributed by atoms with Gasteiger partial charge in [-0.15, -0.1) is 0 Å². The molecular weight excluding hydrogens is 298 g/mol. The Morgan fingerprint density at radius 2 is 1.68 bits per heavy atom. The predicted molar refractivity (Wildman–Crippen MR) is 86.5 cm³/mol. The van der Waals surface area contributed by atoms with Crippen LogP contribution in [0.15, 0.2) is 53.0 Å². The van der Waals surface area contributed by atoms with E-state index in [9.17, 15) is 0 Å². The Bertz CT molecular complexity index is 534. The van der Waals surface area contributed by atoms with Crippen LogP contribution >= 0.6 is 15.9 Å². The van der Waals surface area contributed by atoms with E-state index in [1.165, 1.54) is 11.1 Å². The zero-order valence-corrected chi connectivity index (χ0v) is 13.2. The molecule has 0 aliphatic heterocycles. The number of rotatable bonds is 4. The number of aryl methyl sites for hydroxylation is 1. The van der Waals surface area contributed by atoms with Gasteiger partial charge in [0.25, 0.3) is 0 Å². The molecule has 2 rings (SSSR count). The summed E-state index contributed by atoms with van der Waals surface area (Å²) >= 11 is 3.59. The van der Waals surface area contributed by atoms with Crippen LogP contribution in [0.5, 0.6) is 0 Å². The van der Waals surface area contributed by atoms with Crippen molar-refractivity contribution in [3.05, 3.63) is 64.1 Å². The summed E-state index contributed by atoms with van der Waals surface area (Å²) in [6.07, 6.45) is 0. The zero-order chi connectivity index (χ0) is 13.8. The Morgan fingerprint density at radius 1 is 1.00 bits per heavy atom. The van der Waals surface area contributed by atoms with Gasteiger partial charge in [0.15, 0.2) is 0 Å². The molecule has 0 aliphatic rings. The maximum absolute atomic E-state index is 3.63. The fourth-order valence-corrected chi connectivity index (χ4v) is 2.54. The third-order valence-corrected chi connectivity index (χ3v) is 4.17. The van der Waals surface area contributed by atoms with E-state index in [1.54, 1.807) is 0 Å². The van der Waals surface area contributed by atoms with Crippen LogP contribution in [0.25, 0.3) is 0 Å². The highest BCUT2D eigenvalue weighted by Crippen LogP contribution is 2.28. The molecule has 0 spiro atoms. The second kappa shape index (κ2) is 6.25. The second-order valence-electron chi connectivity index (χ2n) is 5.24. The molecule has 0 amide bonds. The molecule has 0 radical (unpaired) electrons. The average Bonchev–Trinajstić information content (AvgIpc) is 2.40. The SMILES string of the molecule is Cc1ccc(NC(c2ccccc2)C(C)C)cc1Br. The number of benzene rings is 2. The van der Waals surface area contributed by atoms with Crippen LogP contribution in [-0.4, -0.2) is 0 Å². The van der Waals surface area contributed by atoms with Crippen molar-refractivity contribution in [2.24, 2.45) is 5.92 Å². The summed E-state index contributed by atoms with van der Waals surface area (Å²) in [5.74, 6) is 0.530. The molecule has 0 heterocycles. The zero-order valence-electron chi connectivity index (χ0n) is 11.7. The van der Waals surface area contributed by atoms with Crippen molar-refractivity contribution < 1.29 is 0 Å². The van der Waals surface area contributed by atoms with Crippen LogP contribution in [0.2, 0.25) is 0 Å². The summed E-state index contributed by atoms with van der Waals surface area (Å²) in [5.41, 5.74) is 3.74. The van der Waals surface area contributed by atoms with Gasteiger partial charge in [-0.05, 0) is 36.1 Å². The van der Waals surface area contributed by atoms with Crippen molar-refractivity contribution in [3.63, 3.8) is 0 Å². The first-order valence-corrected chi connectivity index (χ1v) is 7.45. The summed E-state index contributed by atoms with van der Waals surface area (Å²) < 4.78 is 1.15. The summed E-state index contributed by atoms with van der Waals surface area (Å²) in [6.45, 7) is 6.59. The highest BCUT2D eigenvalue weighted by Gasteiger charge is 2.15. The summed E-state index contributed by atoms with van der Waals surface area (Å²) in [7, 11) is 0. The topological polar surface area (TPSA) is 12.0 Å². The molecule has 0 aromatic heterocycles. The van der Waals surface area contributed by atoms with Crippen LogP contribution in [-0.2, 0) is 0 Å². The van der Waals surface area contributed by atoms with Crippen molar-refractivity contribution in [2.75, 3.05) is 5.32 Å². The minimum Gasteiger partial charge on any atom is -0.378 e. The Kier molecular flexibility index (Phi) is 4.65. The highest BCUT2D eigenvalue weighted by atomic mass is 79.9. The first-order chi connectivity index (χ1) is 9.08. The first kappa shape index (κ1) is 14.1. The maximum atomic E-state index is 3.63. The molecule has 2 aromatic rings. The van der Waals surface area contributed by atoms with Gasteiger partial charge in [0.2, 0.25) is 0 Å². The number of halogens is 1. The van der Waals surface area contributed by atoms with E-state index >= 15 is 0 Å². The lowest BCUT2D eigenvalue weighted by atomic mass is 9.96. The van der Waals surface area contributed by atoms with Crippen LogP contribution in [0.3, 0.4) is 0 Å². The normalized spacial score (nSPS) is 12.5. The molecule has 0 saturated carbocycles. The van der Waals surface area contributed by atoms with Crippen molar-refractivity contribution in [1.82, 2.24) is 0 Å². The van der Waals surface area contributed by atoms with Gasteiger partial charge in [-0.3, -0.25) is 0 Å². The van der Waals surface area contributed by atoms with Crippen LogP contribution in [0, 0.1) is 12.8 Å². The summed E-state index contributed by atoms with van der Waals surface area (Å²) in [5, 5.41) is 3.63. The molecule has 1 N–H and O–H groups in total. The molecular formula is C17H20BrN. The molecule has 100 valence electrons. The lowest BCUT2D eigenvalue weighted by molar-refractivity contribution is 0.546. The third kappa shape index (κ3) is 3.60. The van der Waals surface area contributed by atoms with Gasteiger partial charge in [0.1, 0.15) is 0 Å². The largest absolute Gasteiger partial charge is 0.378 e. The van der Waals surface area contributed by atoms with Crippen molar-refractivity contribution >= 4 is 21.6 Å². The van der Waals surface area contributed by atoms with E-state index in [4.69, 9.17) is 0 Å². The van der Waals surface area contributed by atoms with Gasteiger partial charge in [0, 0.05) is 10.2 Å². The molecule has 0 saturated heterocycles. The molecule has 19 heavy (non-hydrogen) atoms. The third-order valence-electron chi connectivity index (χ3n) is 3.32. The van der Waals surface area contributed by atoms with E-state index in [0.29, 0.717) is 12.0 Å². The van der Waals surface area contributed by atoms with Gasteiger partial charge in [-0.25, -0.2) is 0 Å². The van der Waals surface area contributed by atoms with E-state index in [2.05, 4.69) is 90.5 Å². The van der Waals surface area contributed by atoms with E-state index in [1.807, 2.05) is 0 Å². The average molecular weight is 318 g/mol. The lowest BCUT2D eigenvalue weighted by Gasteiger charge is -2.24. The van der Waals surface area contributed by atoms with E-state index < -0.39 is 0 Å². The molecule has 1 nitrogen and oxygen atoms in total. The minimum absolute atomic E-state index is 0.329. The Hall–Kier alpha value is -1.28. The second-order valence-corrected chi connectivity index (χ2v) is 6.10. The smallest absolute Gasteiger partial charge is 0.0536 e. The van der Waals surface area contributed by atoms with Crippen LogP contribution in [0.4, 0.5) is 5.69 Å². The van der Waals surface area contributed by atoms with E-state index in [-0.39, 0.29) is 0 Å². The fourth-order valence-electron chi connectivity index (χ4n) is 2.16. The molecule has 1 unspecified atom stereocenters. The number of hydrogen-bond acceptors (Lipinski definition) is 1. The molecule has 0 aliphatic carbocycles. The minimum atomic E-state index is 0.329. The lowest BCUT2D eigenvalue weighted by Crippen LogP contribution is -2.16. The standard InChI is InChI=1S/C17H20BrN/c1-12(2)17(14-7-5-4-6-8-14)19-15-10-9-13(3)16(18)11-15/h4-12,17,19H,1-3H3. The van der Waals surface area contributed by atoms with Gasteiger partial charge in [0.05, 0.1) is 6.04 Å².